The van der Waals surface area contributed by atoms with Crippen LogP contribution >= 0.6 is 0 Å². The molecule has 1 aromatic heterocycles. The lowest BCUT2D eigenvalue weighted by atomic mass is 10.0. The molecule has 0 spiro atoms. The van der Waals surface area contributed by atoms with Crippen molar-refractivity contribution < 1.29 is 9.90 Å². The number of rotatable bonds is 4. The molecule has 0 bridgehead atoms. The van der Waals surface area contributed by atoms with Gasteiger partial charge in [-0.1, -0.05) is 6.07 Å². The summed E-state index contributed by atoms with van der Waals surface area (Å²) >= 11 is 0. The predicted molar refractivity (Wildman–Crippen MR) is 62.6 cm³/mol. The van der Waals surface area contributed by atoms with Gasteiger partial charge in [0, 0.05) is 17.1 Å². The van der Waals surface area contributed by atoms with Crippen molar-refractivity contribution in [2.24, 2.45) is 5.73 Å². The summed E-state index contributed by atoms with van der Waals surface area (Å²) in [6.45, 7) is 0.613. The van der Waals surface area contributed by atoms with Crippen LogP contribution in [-0.2, 0) is 6.42 Å². The molecule has 0 amide bonds. The molecule has 0 fully saturated rings. The quantitative estimate of drug-likeness (QED) is 0.731. The number of nitrogens with one attached hydrogen (secondary N) is 1. The zero-order valence-electron chi connectivity index (χ0n) is 8.86. The number of hydrogen-bond donors (Lipinski definition) is 3. The Morgan fingerprint density at radius 1 is 1.44 bits per heavy atom. The van der Waals surface area contributed by atoms with Gasteiger partial charge in [0.05, 0.1) is 5.56 Å². The van der Waals surface area contributed by atoms with E-state index < -0.39 is 5.97 Å². The van der Waals surface area contributed by atoms with Gasteiger partial charge in [0.1, 0.15) is 0 Å². The SMILES string of the molecule is NCCCc1c[nH]c2cccc(C(=O)O)c12. The average molecular weight is 218 g/mol. The Balaban J connectivity index is 2.54. The van der Waals surface area contributed by atoms with Crippen LogP contribution in [0.15, 0.2) is 24.4 Å². The fourth-order valence-electron chi connectivity index (χ4n) is 1.92. The normalized spacial score (nSPS) is 10.8. The summed E-state index contributed by atoms with van der Waals surface area (Å²) in [5.41, 5.74) is 7.71. The molecule has 2 aromatic rings. The maximum absolute atomic E-state index is 11.1. The first-order valence-electron chi connectivity index (χ1n) is 5.26. The van der Waals surface area contributed by atoms with Crippen LogP contribution in [0.4, 0.5) is 0 Å². The lowest BCUT2D eigenvalue weighted by molar-refractivity contribution is 0.0699. The number of nitrogens with two attached hydrogens (primary N) is 1. The largest absolute Gasteiger partial charge is 0.478 e. The molecule has 1 heterocycles. The van der Waals surface area contributed by atoms with Crippen molar-refractivity contribution in [1.82, 2.24) is 4.98 Å². The molecule has 0 aliphatic rings. The van der Waals surface area contributed by atoms with E-state index >= 15 is 0 Å². The number of hydrogen-bond acceptors (Lipinski definition) is 2. The van der Waals surface area contributed by atoms with Crippen molar-refractivity contribution in [3.63, 3.8) is 0 Å². The molecule has 0 aliphatic carbocycles. The van der Waals surface area contributed by atoms with Crippen molar-refractivity contribution in [2.45, 2.75) is 12.8 Å². The highest BCUT2D eigenvalue weighted by Crippen LogP contribution is 2.23. The first kappa shape index (κ1) is 10.7. The molecule has 0 atom stereocenters. The summed E-state index contributed by atoms with van der Waals surface area (Å²) < 4.78 is 0. The van der Waals surface area contributed by atoms with E-state index in [1.165, 1.54) is 0 Å². The van der Waals surface area contributed by atoms with Crippen LogP contribution in [0.1, 0.15) is 22.3 Å². The maximum Gasteiger partial charge on any atom is 0.336 e. The Morgan fingerprint density at radius 3 is 2.94 bits per heavy atom. The number of fused-ring (bicyclic) bond motifs is 1. The smallest absolute Gasteiger partial charge is 0.336 e. The Labute approximate surface area is 93.1 Å². The molecule has 84 valence electrons. The zero-order chi connectivity index (χ0) is 11.5. The minimum Gasteiger partial charge on any atom is -0.478 e. The second kappa shape index (κ2) is 4.37. The molecule has 2 rings (SSSR count). The Bertz CT molecular complexity index is 517. The van der Waals surface area contributed by atoms with Crippen LogP contribution in [0, 0.1) is 0 Å². The second-order valence-electron chi connectivity index (χ2n) is 3.74. The van der Waals surface area contributed by atoms with Gasteiger partial charge in [0.2, 0.25) is 0 Å². The van der Waals surface area contributed by atoms with Crippen LogP contribution < -0.4 is 5.73 Å². The minimum absolute atomic E-state index is 0.353. The number of aromatic nitrogens is 1. The highest BCUT2D eigenvalue weighted by atomic mass is 16.4. The van der Waals surface area contributed by atoms with E-state index in [1.54, 1.807) is 12.1 Å². The number of carbonyl (C=O) groups is 1. The summed E-state index contributed by atoms with van der Waals surface area (Å²) in [5.74, 6) is -0.890. The van der Waals surface area contributed by atoms with Crippen LogP contribution in [0.3, 0.4) is 0 Å². The van der Waals surface area contributed by atoms with Gasteiger partial charge in [-0.05, 0) is 37.1 Å². The maximum atomic E-state index is 11.1. The summed E-state index contributed by atoms with van der Waals surface area (Å²) in [6, 6.07) is 5.26. The molecule has 4 nitrogen and oxygen atoms in total. The fourth-order valence-corrected chi connectivity index (χ4v) is 1.92. The standard InChI is InChI=1S/C12H14N2O2/c13-6-2-3-8-7-14-10-5-1-4-9(11(8)10)12(15)16/h1,4-5,7,14H,2-3,6,13H2,(H,15,16). The number of benzene rings is 1. The molecule has 0 saturated carbocycles. The molecular weight excluding hydrogens is 204 g/mol. The van der Waals surface area contributed by atoms with Crippen molar-refractivity contribution >= 4 is 16.9 Å². The molecule has 0 saturated heterocycles. The number of carboxylic acids is 1. The van der Waals surface area contributed by atoms with Crippen molar-refractivity contribution in [3.8, 4) is 0 Å². The van der Waals surface area contributed by atoms with Crippen LogP contribution in [0.25, 0.3) is 10.9 Å². The van der Waals surface area contributed by atoms with E-state index in [0.29, 0.717) is 12.1 Å². The Hall–Kier alpha value is -1.81. The van der Waals surface area contributed by atoms with Crippen LogP contribution in [0.2, 0.25) is 0 Å². The van der Waals surface area contributed by atoms with E-state index in [1.807, 2.05) is 12.3 Å². The summed E-state index contributed by atoms with van der Waals surface area (Å²) in [5, 5.41) is 9.92. The van der Waals surface area contributed by atoms with Gasteiger partial charge in [-0.3, -0.25) is 0 Å². The topological polar surface area (TPSA) is 79.1 Å². The van der Waals surface area contributed by atoms with Gasteiger partial charge in [0.25, 0.3) is 0 Å². The van der Waals surface area contributed by atoms with Crippen LogP contribution in [-0.4, -0.2) is 22.6 Å². The lowest BCUT2D eigenvalue weighted by Crippen LogP contribution is -2.01. The average Bonchev–Trinajstić information content (AvgIpc) is 2.69. The fraction of sp³-hybridized carbons (Fsp3) is 0.250. The van der Waals surface area contributed by atoms with Gasteiger partial charge < -0.3 is 15.8 Å². The highest BCUT2D eigenvalue weighted by Gasteiger charge is 2.12. The van der Waals surface area contributed by atoms with E-state index in [2.05, 4.69) is 4.98 Å². The molecule has 1 aromatic carbocycles. The van der Waals surface area contributed by atoms with Gasteiger partial charge in [-0.25, -0.2) is 4.79 Å². The molecule has 0 aliphatic heterocycles. The van der Waals surface area contributed by atoms with Crippen molar-refractivity contribution in [1.29, 1.82) is 0 Å². The summed E-state index contributed by atoms with van der Waals surface area (Å²) in [6.07, 6.45) is 3.54. The van der Waals surface area contributed by atoms with Crippen molar-refractivity contribution in [3.05, 3.63) is 35.5 Å². The Kier molecular flexibility index (Phi) is 2.92. The highest BCUT2D eigenvalue weighted by molar-refractivity contribution is 6.04. The predicted octanol–water partition coefficient (Wildman–Crippen LogP) is 1.76. The van der Waals surface area contributed by atoms with Gasteiger partial charge in [-0.15, -0.1) is 0 Å². The first-order chi connectivity index (χ1) is 7.74. The third-order valence-electron chi connectivity index (χ3n) is 2.67. The number of aryl methyl sites for hydroxylation is 1. The number of aromatic amines is 1. The molecular formula is C12H14N2O2. The van der Waals surface area contributed by atoms with E-state index in [4.69, 9.17) is 10.8 Å². The summed E-state index contributed by atoms with van der Waals surface area (Å²) in [7, 11) is 0. The lowest BCUT2D eigenvalue weighted by Gasteiger charge is -2.01. The number of carboxylic acid groups (broad SMARTS) is 1. The monoisotopic (exact) mass is 218 g/mol. The van der Waals surface area contributed by atoms with Gasteiger partial charge in [0.15, 0.2) is 0 Å². The van der Waals surface area contributed by atoms with Gasteiger partial charge >= 0.3 is 5.97 Å². The number of H-pyrrole nitrogens is 1. The van der Waals surface area contributed by atoms with Crippen LogP contribution in [0.5, 0.6) is 0 Å². The minimum atomic E-state index is -0.890. The van der Waals surface area contributed by atoms with E-state index in [9.17, 15) is 4.79 Å². The third kappa shape index (κ3) is 1.79. The first-order valence-corrected chi connectivity index (χ1v) is 5.26. The Morgan fingerprint density at radius 2 is 2.25 bits per heavy atom. The summed E-state index contributed by atoms with van der Waals surface area (Å²) in [4.78, 5) is 14.2. The van der Waals surface area contributed by atoms with Crippen molar-refractivity contribution in [2.75, 3.05) is 6.54 Å². The van der Waals surface area contributed by atoms with Gasteiger partial charge in [-0.2, -0.15) is 0 Å². The molecule has 16 heavy (non-hydrogen) atoms. The third-order valence-corrected chi connectivity index (χ3v) is 2.67. The van der Waals surface area contributed by atoms with E-state index in [0.717, 1.165) is 29.3 Å². The molecule has 0 unspecified atom stereocenters. The number of aromatic carboxylic acids is 1. The molecule has 0 radical (unpaired) electrons. The zero-order valence-corrected chi connectivity index (χ0v) is 8.86. The molecule has 4 N–H and O–H groups in total. The second-order valence-corrected chi connectivity index (χ2v) is 3.74. The van der Waals surface area contributed by atoms with E-state index in [-0.39, 0.29) is 0 Å². The molecule has 4 heteroatoms.